The monoisotopic (exact) mass is 345 g/mol. The molecule has 0 spiro atoms. The van der Waals surface area contributed by atoms with Crippen LogP contribution >= 0.6 is 0 Å². The Bertz CT molecular complexity index is 707. The molecule has 1 aliphatic rings. The van der Waals surface area contributed by atoms with Gasteiger partial charge < -0.3 is 19.7 Å². The molecule has 0 aliphatic carbocycles. The topological polar surface area (TPSA) is 66.7 Å². The number of aliphatic hydroxyl groups excluding tert-OH is 1. The van der Waals surface area contributed by atoms with Crippen LogP contribution < -0.4 is 5.32 Å². The number of β-amino-alcohol motifs (C(OH)–C–C–N with tert-alkyl or cyclic N) is 1. The molecule has 1 amide bonds. The van der Waals surface area contributed by atoms with Crippen molar-refractivity contribution in [2.75, 3.05) is 39.4 Å². The van der Waals surface area contributed by atoms with Crippen LogP contribution in [0.25, 0.3) is 10.9 Å². The molecular weight excluding hydrogens is 318 g/mol. The van der Waals surface area contributed by atoms with E-state index in [9.17, 15) is 9.90 Å². The average Bonchev–Trinajstić information content (AvgIpc) is 2.99. The van der Waals surface area contributed by atoms with Crippen molar-refractivity contribution >= 4 is 16.8 Å². The molecule has 1 saturated heterocycles. The largest absolute Gasteiger partial charge is 0.390 e. The molecule has 6 heteroatoms. The highest BCUT2D eigenvalue weighted by atomic mass is 16.5. The maximum atomic E-state index is 12.3. The summed E-state index contributed by atoms with van der Waals surface area (Å²) in [6, 6.07) is 8.14. The summed E-state index contributed by atoms with van der Waals surface area (Å²) in [6.07, 6.45) is 1.82. The number of nitrogens with zero attached hydrogens (tertiary/aromatic N) is 2. The maximum Gasteiger partial charge on any atom is 0.224 e. The van der Waals surface area contributed by atoms with Gasteiger partial charge in [0.1, 0.15) is 0 Å². The van der Waals surface area contributed by atoms with Gasteiger partial charge in [0.05, 0.1) is 25.7 Å². The second-order valence-electron chi connectivity index (χ2n) is 6.51. The highest BCUT2D eigenvalue weighted by molar-refractivity contribution is 5.89. The van der Waals surface area contributed by atoms with Crippen LogP contribution in [-0.4, -0.2) is 66.0 Å². The summed E-state index contributed by atoms with van der Waals surface area (Å²) in [6.45, 7) is 6.91. The predicted molar refractivity (Wildman–Crippen MR) is 97.6 cm³/mol. The van der Waals surface area contributed by atoms with Gasteiger partial charge in [-0.05, 0) is 18.6 Å². The summed E-state index contributed by atoms with van der Waals surface area (Å²) in [5.74, 6) is -0.0555. The maximum absolute atomic E-state index is 12.3. The van der Waals surface area contributed by atoms with E-state index < -0.39 is 6.10 Å². The van der Waals surface area contributed by atoms with E-state index in [0.717, 1.165) is 36.1 Å². The van der Waals surface area contributed by atoms with Crippen molar-refractivity contribution < 1.29 is 14.6 Å². The summed E-state index contributed by atoms with van der Waals surface area (Å²) in [5.41, 5.74) is 2.18. The second-order valence-corrected chi connectivity index (χ2v) is 6.51. The highest BCUT2D eigenvalue weighted by Crippen LogP contribution is 2.21. The minimum atomic E-state index is -0.556. The molecule has 0 saturated carbocycles. The van der Waals surface area contributed by atoms with Gasteiger partial charge in [0, 0.05) is 49.8 Å². The van der Waals surface area contributed by atoms with Gasteiger partial charge in [-0.3, -0.25) is 9.69 Å². The lowest BCUT2D eigenvalue weighted by molar-refractivity contribution is -0.121. The lowest BCUT2D eigenvalue weighted by Crippen LogP contribution is -2.44. The summed E-state index contributed by atoms with van der Waals surface area (Å²) < 4.78 is 7.46. The molecule has 2 N–H and O–H groups in total. The number of benzene rings is 1. The van der Waals surface area contributed by atoms with Gasteiger partial charge in [0.2, 0.25) is 5.91 Å². The Morgan fingerprint density at radius 3 is 2.84 bits per heavy atom. The van der Waals surface area contributed by atoms with Crippen molar-refractivity contribution in [3.05, 3.63) is 36.0 Å². The van der Waals surface area contributed by atoms with Crippen LogP contribution in [0.1, 0.15) is 12.5 Å². The molecule has 1 aromatic heterocycles. The van der Waals surface area contributed by atoms with Gasteiger partial charge in [-0.1, -0.05) is 18.2 Å². The van der Waals surface area contributed by atoms with E-state index in [0.29, 0.717) is 26.2 Å². The van der Waals surface area contributed by atoms with Gasteiger partial charge in [-0.15, -0.1) is 0 Å². The summed E-state index contributed by atoms with van der Waals surface area (Å²) >= 11 is 0. The molecular formula is C19H27N3O3. The molecule has 3 rings (SSSR count). The third-order valence-corrected chi connectivity index (χ3v) is 4.67. The molecule has 1 unspecified atom stereocenters. The Morgan fingerprint density at radius 2 is 2.08 bits per heavy atom. The first kappa shape index (κ1) is 17.9. The van der Waals surface area contributed by atoms with E-state index in [1.54, 1.807) is 0 Å². The normalized spacial score (nSPS) is 16.9. The summed E-state index contributed by atoms with van der Waals surface area (Å²) in [5, 5.41) is 14.1. The molecule has 1 fully saturated rings. The van der Waals surface area contributed by atoms with Crippen LogP contribution in [0.4, 0.5) is 0 Å². The van der Waals surface area contributed by atoms with E-state index in [2.05, 4.69) is 40.0 Å². The first-order chi connectivity index (χ1) is 12.2. The van der Waals surface area contributed by atoms with Crippen molar-refractivity contribution in [1.82, 2.24) is 14.8 Å². The molecule has 136 valence electrons. The van der Waals surface area contributed by atoms with Gasteiger partial charge in [0.25, 0.3) is 0 Å². The minimum Gasteiger partial charge on any atom is -0.390 e. The average molecular weight is 345 g/mol. The number of aromatic nitrogens is 1. The fourth-order valence-corrected chi connectivity index (χ4v) is 3.34. The van der Waals surface area contributed by atoms with Crippen LogP contribution in [0.2, 0.25) is 0 Å². The lowest BCUT2D eigenvalue weighted by atomic mass is 10.1. The molecule has 25 heavy (non-hydrogen) atoms. The SMILES string of the molecule is CCn1cc(CC(=O)NCC(O)CN2CCOCC2)c2ccccc21. The Balaban J connectivity index is 1.52. The first-order valence-electron chi connectivity index (χ1n) is 8.99. The van der Waals surface area contributed by atoms with Crippen LogP contribution in [0.5, 0.6) is 0 Å². The smallest absolute Gasteiger partial charge is 0.224 e. The minimum absolute atomic E-state index is 0.0555. The second kappa shape index (κ2) is 8.47. The molecule has 2 heterocycles. The Kier molecular flexibility index (Phi) is 6.07. The summed E-state index contributed by atoms with van der Waals surface area (Å²) in [7, 11) is 0. The quantitative estimate of drug-likeness (QED) is 0.786. The zero-order valence-corrected chi connectivity index (χ0v) is 14.8. The molecule has 1 atom stereocenters. The van der Waals surface area contributed by atoms with Crippen molar-refractivity contribution in [2.45, 2.75) is 26.0 Å². The number of carbonyl (C=O) groups excluding carboxylic acids is 1. The Labute approximate surface area is 148 Å². The summed E-state index contributed by atoms with van der Waals surface area (Å²) in [4.78, 5) is 14.4. The number of amides is 1. The van der Waals surface area contributed by atoms with E-state index in [1.165, 1.54) is 0 Å². The molecule has 6 nitrogen and oxygen atoms in total. The lowest BCUT2D eigenvalue weighted by Gasteiger charge is -2.28. The van der Waals surface area contributed by atoms with E-state index in [-0.39, 0.29) is 12.5 Å². The molecule has 1 aliphatic heterocycles. The standard InChI is InChI=1S/C19H27N3O3/c1-2-22-13-15(17-5-3-4-6-18(17)22)11-19(24)20-12-16(23)14-21-7-9-25-10-8-21/h3-6,13,16,23H,2,7-12,14H2,1H3,(H,20,24). The van der Waals surface area contributed by atoms with E-state index in [4.69, 9.17) is 4.74 Å². The van der Waals surface area contributed by atoms with E-state index in [1.807, 2.05) is 12.1 Å². The van der Waals surface area contributed by atoms with E-state index >= 15 is 0 Å². The van der Waals surface area contributed by atoms with Crippen LogP contribution in [-0.2, 0) is 22.5 Å². The van der Waals surface area contributed by atoms with Gasteiger partial charge in [-0.2, -0.15) is 0 Å². The number of para-hydroxylation sites is 1. The number of hydrogen-bond acceptors (Lipinski definition) is 4. The van der Waals surface area contributed by atoms with Crippen molar-refractivity contribution in [1.29, 1.82) is 0 Å². The predicted octanol–water partition coefficient (Wildman–Crippen LogP) is 1.01. The number of fused-ring (bicyclic) bond motifs is 1. The van der Waals surface area contributed by atoms with Gasteiger partial charge in [-0.25, -0.2) is 0 Å². The molecule has 0 radical (unpaired) electrons. The van der Waals surface area contributed by atoms with Crippen molar-refractivity contribution in [3.63, 3.8) is 0 Å². The molecule has 0 bridgehead atoms. The number of aryl methyl sites for hydroxylation is 1. The zero-order valence-electron chi connectivity index (χ0n) is 14.8. The number of hydrogen-bond donors (Lipinski definition) is 2. The van der Waals surface area contributed by atoms with Crippen LogP contribution in [0.3, 0.4) is 0 Å². The third-order valence-electron chi connectivity index (χ3n) is 4.67. The molecule has 2 aromatic rings. The fourth-order valence-electron chi connectivity index (χ4n) is 3.34. The van der Waals surface area contributed by atoms with Crippen molar-refractivity contribution in [2.24, 2.45) is 0 Å². The number of morpholine rings is 1. The number of carbonyl (C=O) groups is 1. The van der Waals surface area contributed by atoms with Crippen molar-refractivity contribution in [3.8, 4) is 0 Å². The van der Waals surface area contributed by atoms with Crippen LogP contribution in [0, 0.1) is 0 Å². The van der Waals surface area contributed by atoms with Gasteiger partial charge in [0.15, 0.2) is 0 Å². The Hall–Kier alpha value is -1.89. The zero-order chi connectivity index (χ0) is 17.6. The number of aliphatic hydroxyl groups is 1. The van der Waals surface area contributed by atoms with Gasteiger partial charge >= 0.3 is 0 Å². The number of nitrogens with one attached hydrogen (secondary N) is 1. The third kappa shape index (κ3) is 4.60. The first-order valence-corrected chi connectivity index (χ1v) is 8.99. The number of ether oxygens (including phenoxy) is 1. The Morgan fingerprint density at radius 1 is 1.32 bits per heavy atom. The number of rotatable bonds is 7. The molecule has 1 aromatic carbocycles. The highest BCUT2D eigenvalue weighted by Gasteiger charge is 2.16. The fraction of sp³-hybridized carbons (Fsp3) is 0.526. The van der Waals surface area contributed by atoms with Crippen LogP contribution in [0.15, 0.2) is 30.5 Å².